The maximum absolute atomic E-state index is 12.0. The Labute approximate surface area is 127 Å². The Hall–Kier alpha value is -0.620. The summed E-state index contributed by atoms with van der Waals surface area (Å²) in [6.07, 6.45) is 2.14. The summed E-state index contributed by atoms with van der Waals surface area (Å²) in [5.41, 5.74) is 1.04. The van der Waals surface area contributed by atoms with Gasteiger partial charge in [-0.1, -0.05) is 17.7 Å². The lowest BCUT2D eigenvalue weighted by Crippen LogP contribution is -2.34. The number of benzene rings is 1. The van der Waals surface area contributed by atoms with Crippen LogP contribution in [0.2, 0.25) is 0 Å². The molecule has 0 aromatic heterocycles. The number of hydrogen-bond acceptors (Lipinski definition) is 4. The van der Waals surface area contributed by atoms with Crippen LogP contribution in [0.25, 0.3) is 0 Å². The van der Waals surface area contributed by atoms with Crippen LogP contribution in [0.1, 0.15) is 18.4 Å². The second-order valence-corrected chi connectivity index (χ2v) is 6.94. The van der Waals surface area contributed by atoms with Crippen LogP contribution in [0.15, 0.2) is 29.2 Å². The zero-order valence-electron chi connectivity index (χ0n) is 11.9. The summed E-state index contributed by atoms with van der Waals surface area (Å²) in [4.78, 5) is 2.46. The standard InChI is InChI=1S/C14H21NO3S.ClH/c1-12-5-7-14(8-6-12)19(16,17)18-11-13-4-3-9-15(2)10-13;/h5-8,13H,3-4,9-11H2,1-2H3;1H/t13-;/m0./s1. The minimum absolute atomic E-state index is 0. The molecule has 4 nitrogen and oxygen atoms in total. The second kappa shape index (κ2) is 7.41. The van der Waals surface area contributed by atoms with Gasteiger partial charge in [-0.05, 0) is 51.4 Å². The van der Waals surface area contributed by atoms with Crippen molar-refractivity contribution in [2.45, 2.75) is 24.7 Å². The van der Waals surface area contributed by atoms with E-state index in [1.807, 2.05) is 6.92 Å². The molecule has 1 aromatic rings. The molecule has 1 fully saturated rings. The molecule has 0 radical (unpaired) electrons. The largest absolute Gasteiger partial charge is 0.306 e. The lowest BCUT2D eigenvalue weighted by Gasteiger charge is -2.29. The van der Waals surface area contributed by atoms with Gasteiger partial charge in [0.05, 0.1) is 11.5 Å². The van der Waals surface area contributed by atoms with Crippen LogP contribution in [-0.2, 0) is 14.3 Å². The number of aryl methyl sites for hydroxylation is 1. The van der Waals surface area contributed by atoms with E-state index in [9.17, 15) is 8.42 Å². The van der Waals surface area contributed by atoms with Crippen LogP contribution in [0.3, 0.4) is 0 Å². The predicted octanol–water partition coefficient (Wildman–Crippen LogP) is 2.46. The number of halogens is 1. The average Bonchev–Trinajstić information content (AvgIpc) is 2.37. The lowest BCUT2D eigenvalue weighted by molar-refractivity contribution is 0.153. The van der Waals surface area contributed by atoms with Gasteiger partial charge in [0, 0.05) is 6.54 Å². The molecule has 1 aliphatic heterocycles. The van der Waals surface area contributed by atoms with Crippen LogP contribution in [0.5, 0.6) is 0 Å². The fourth-order valence-electron chi connectivity index (χ4n) is 2.37. The zero-order chi connectivity index (χ0) is 13.9. The number of nitrogens with zero attached hydrogens (tertiary/aromatic N) is 1. The Morgan fingerprint density at radius 2 is 1.95 bits per heavy atom. The molecule has 0 saturated carbocycles. The highest BCUT2D eigenvalue weighted by molar-refractivity contribution is 7.86. The van der Waals surface area contributed by atoms with Gasteiger partial charge in [0.2, 0.25) is 0 Å². The van der Waals surface area contributed by atoms with E-state index < -0.39 is 10.1 Å². The Balaban J connectivity index is 0.00000200. The van der Waals surface area contributed by atoms with Crippen molar-refractivity contribution < 1.29 is 12.6 Å². The normalized spacial score (nSPS) is 20.4. The Morgan fingerprint density at radius 1 is 1.30 bits per heavy atom. The summed E-state index contributed by atoms with van der Waals surface area (Å²) in [7, 11) is -1.56. The van der Waals surface area contributed by atoms with Crippen LogP contribution >= 0.6 is 12.4 Å². The minimum Gasteiger partial charge on any atom is -0.306 e. The van der Waals surface area contributed by atoms with E-state index in [1.54, 1.807) is 24.3 Å². The van der Waals surface area contributed by atoms with Gasteiger partial charge < -0.3 is 4.90 Å². The van der Waals surface area contributed by atoms with Gasteiger partial charge in [0.15, 0.2) is 0 Å². The van der Waals surface area contributed by atoms with Crippen molar-refractivity contribution in [3.63, 3.8) is 0 Å². The van der Waals surface area contributed by atoms with Gasteiger partial charge in [-0.15, -0.1) is 12.4 Å². The summed E-state index contributed by atoms with van der Waals surface area (Å²) in [5.74, 6) is 0.305. The first-order chi connectivity index (χ1) is 8.97. The van der Waals surface area contributed by atoms with E-state index in [0.29, 0.717) is 5.92 Å². The molecule has 2 rings (SSSR count). The summed E-state index contributed by atoms with van der Waals surface area (Å²) in [5, 5.41) is 0. The smallest absolute Gasteiger partial charge is 0.296 e. The summed E-state index contributed by atoms with van der Waals surface area (Å²) in [6, 6.07) is 6.75. The molecule has 1 aliphatic rings. The molecule has 0 unspecified atom stereocenters. The Kier molecular flexibility index (Phi) is 6.45. The van der Waals surface area contributed by atoms with Crippen molar-refractivity contribution in [3.05, 3.63) is 29.8 Å². The topological polar surface area (TPSA) is 46.6 Å². The molecular weight excluding hydrogens is 298 g/mol. The molecule has 0 N–H and O–H groups in total. The highest BCUT2D eigenvalue weighted by atomic mass is 35.5. The molecule has 1 aromatic carbocycles. The maximum atomic E-state index is 12.0. The van der Waals surface area contributed by atoms with Crippen LogP contribution in [0, 0.1) is 12.8 Å². The quantitative estimate of drug-likeness (QED) is 0.800. The highest BCUT2D eigenvalue weighted by Gasteiger charge is 2.21. The average molecular weight is 320 g/mol. The van der Waals surface area contributed by atoms with Crippen molar-refractivity contribution in [2.75, 3.05) is 26.7 Å². The number of rotatable bonds is 4. The Bertz CT molecular complexity index is 516. The van der Waals surface area contributed by atoms with Crippen molar-refractivity contribution in [1.82, 2.24) is 4.90 Å². The van der Waals surface area contributed by atoms with E-state index >= 15 is 0 Å². The second-order valence-electron chi connectivity index (χ2n) is 5.32. The number of likely N-dealkylation sites (tertiary alicyclic amines) is 1. The van der Waals surface area contributed by atoms with E-state index in [1.165, 1.54) is 0 Å². The minimum atomic E-state index is -3.61. The fraction of sp³-hybridized carbons (Fsp3) is 0.571. The molecule has 20 heavy (non-hydrogen) atoms. The van der Waals surface area contributed by atoms with E-state index in [-0.39, 0.29) is 23.9 Å². The SMILES string of the molecule is Cc1ccc(S(=O)(=O)OC[C@H]2CCCN(C)C2)cc1.Cl. The summed E-state index contributed by atoms with van der Waals surface area (Å²) < 4.78 is 29.3. The predicted molar refractivity (Wildman–Crippen MR) is 81.8 cm³/mol. The lowest BCUT2D eigenvalue weighted by atomic mass is 10.00. The van der Waals surface area contributed by atoms with Crippen molar-refractivity contribution in [3.8, 4) is 0 Å². The van der Waals surface area contributed by atoms with Gasteiger partial charge in [-0.25, -0.2) is 0 Å². The third-order valence-electron chi connectivity index (χ3n) is 3.49. The number of piperidine rings is 1. The van der Waals surface area contributed by atoms with E-state index in [0.717, 1.165) is 31.5 Å². The van der Waals surface area contributed by atoms with E-state index in [4.69, 9.17) is 4.18 Å². The van der Waals surface area contributed by atoms with Crippen LogP contribution in [-0.4, -0.2) is 40.1 Å². The molecule has 1 atom stereocenters. The first-order valence-electron chi connectivity index (χ1n) is 6.62. The third-order valence-corrected chi connectivity index (χ3v) is 4.79. The van der Waals surface area contributed by atoms with Gasteiger partial charge >= 0.3 is 0 Å². The molecule has 6 heteroatoms. The molecule has 0 amide bonds. The van der Waals surface area contributed by atoms with Crippen molar-refractivity contribution in [1.29, 1.82) is 0 Å². The molecule has 1 heterocycles. The number of hydrogen-bond donors (Lipinski definition) is 0. The van der Waals surface area contributed by atoms with Gasteiger partial charge in [0.1, 0.15) is 0 Å². The van der Waals surface area contributed by atoms with E-state index in [2.05, 4.69) is 11.9 Å². The van der Waals surface area contributed by atoms with Gasteiger partial charge in [0.25, 0.3) is 10.1 Å². The monoisotopic (exact) mass is 319 g/mol. The first kappa shape index (κ1) is 17.4. The summed E-state index contributed by atoms with van der Waals surface area (Å²) >= 11 is 0. The zero-order valence-corrected chi connectivity index (χ0v) is 13.5. The van der Waals surface area contributed by atoms with Crippen LogP contribution in [0.4, 0.5) is 0 Å². The first-order valence-corrected chi connectivity index (χ1v) is 8.03. The van der Waals surface area contributed by atoms with Crippen molar-refractivity contribution >= 4 is 22.5 Å². The molecule has 114 valence electrons. The Morgan fingerprint density at radius 3 is 2.55 bits per heavy atom. The van der Waals surface area contributed by atoms with Crippen molar-refractivity contribution in [2.24, 2.45) is 5.92 Å². The van der Waals surface area contributed by atoms with Crippen LogP contribution < -0.4 is 0 Å². The van der Waals surface area contributed by atoms with Gasteiger partial charge in [-0.3, -0.25) is 4.18 Å². The van der Waals surface area contributed by atoms with Gasteiger partial charge in [-0.2, -0.15) is 8.42 Å². The fourth-order valence-corrected chi connectivity index (χ4v) is 3.35. The highest BCUT2D eigenvalue weighted by Crippen LogP contribution is 2.19. The maximum Gasteiger partial charge on any atom is 0.296 e. The third kappa shape index (κ3) is 4.74. The molecule has 0 spiro atoms. The molecular formula is C14H22ClNO3S. The molecule has 0 aliphatic carbocycles. The summed E-state index contributed by atoms with van der Waals surface area (Å²) in [6.45, 7) is 4.19. The molecule has 1 saturated heterocycles. The molecule has 0 bridgehead atoms.